The van der Waals surface area contributed by atoms with Crippen molar-refractivity contribution in [2.75, 3.05) is 23.1 Å². The van der Waals surface area contributed by atoms with Crippen LogP contribution in [0.15, 0.2) is 30.3 Å². The van der Waals surface area contributed by atoms with Crippen molar-refractivity contribution in [2.45, 2.75) is 38.8 Å². The molecule has 6 nitrogen and oxygen atoms in total. The Kier molecular flexibility index (Phi) is 8.00. The molecule has 0 radical (unpaired) electrons. The lowest BCUT2D eigenvalue weighted by molar-refractivity contribution is 0.274. The second kappa shape index (κ2) is 10.2. The molecule has 3 rings (SSSR count). The maximum Gasteiger partial charge on any atom is 0.301 e. The number of halogens is 4. The molecule has 1 fully saturated rings. The summed E-state index contributed by atoms with van der Waals surface area (Å²) in [6, 6.07) is 7.33. The number of hydrogen-bond acceptors (Lipinski definition) is 4. The molecule has 0 bridgehead atoms. The molecule has 1 atom stereocenters. The lowest BCUT2D eigenvalue weighted by Gasteiger charge is -2.33. The minimum absolute atomic E-state index is 0.0264. The maximum atomic E-state index is 14.6. The summed E-state index contributed by atoms with van der Waals surface area (Å²) in [4.78, 5) is 0. The molecular weight excluding hydrogens is 561 g/mol. The van der Waals surface area contributed by atoms with Crippen molar-refractivity contribution in [1.82, 2.24) is 9.62 Å². The number of anilines is 3. The standard InChI is InChI=1S/C20H24ClF2IN4O2S/c1-12(2)25-14-4-3-9-28(11-14)31(29,30)27-18-8-6-16(22)19(23)20(18)26-17-7-5-13(24)10-15(17)21/h5-8,10,12,14,25-27H,3-4,9,11H2,1-2H3. The first-order valence-corrected chi connectivity index (χ1v) is 12.7. The first kappa shape index (κ1) is 24.4. The van der Waals surface area contributed by atoms with Crippen LogP contribution in [0.3, 0.4) is 0 Å². The number of nitrogens with one attached hydrogen (secondary N) is 3. The molecule has 0 saturated carbocycles. The van der Waals surface area contributed by atoms with Crippen molar-refractivity contribution in [3.8, 4) is 0 Å². The van der Waals surface area contributed by atoms with Crippen LogP contribution in [0.1, 0.15) is 26.7 Å². The van der Waals surface area contributed by atoms with Gasteiger partial charge in [-0.3, -0.25) is 4.72 Å². The fourth-order valence-corrected chi connectivity index (χ4v) is 5.68. The predicted octanol–water partition coefficient (Wildman–Crippen LogP) is 5.09. The average molecular weight is 585 g/mol. The van der Waals surface area contributed by atoms with Crippen molar-refractivity contribution < 1.29 is 17.2 Å². The molecule has 0 aromatic heterocycles. The zero-order valence-electron chi connectivity index (χ0n) is 17.1. The summed E-state index contributed by atoms with van der Waals surface area (Å²) < 4.78 is 59.2. The van der Waals surface area contributed by atoms with E-state index in [1.165, 1.54) is 10.4 Å². The summed E-state index contributed by atoms with van der Waals surface area (Å²) in [6.07, 6.45) is 1.57. The van der Waals surface area contributed by atoms with E-state index in [9.17, 15) is 17.2 Å². The van der Waals surface area contributed by atoms with Gasteiger partial charge in [-0.05, 0) is 65.8 Å². The number of hydrogen-bond donors (Lipinski definition) is 3. The van der Waals surface area contributed by atoms with Crippen molar-refractivity contribution >= 4 is 61.5 Å². The SMILES string of the molecule is CC(C)NC1CCCN(S(=O)(=O)Nc2ccc(F)c(F)c2Nc2ccc(I)cc2Cl)C1. The van der Waals surface area contributed by atoms with Gasteiger partial charge in [0.1, 0.15) is 5.69 Å². The van der Waals surface area contributed by atoms with E-state index in [-0.39, 0.29) is 23.5 Å². The molecule has 0 amide bonds. The Morgan fingerprint density at radius 3 is 2.58 bits per heavy atom. The van der Waals surface area contributed by atoms with E-state index >= 15 is 0 Å². The molecule has 1 unspecified atom stereocenters. The van der Waals surface area contributed by atoms with Crippen molar-refractivity contribution in [1.29, 1.82) is 0 Å². The Hall–Kier alpha value is -1.21. The van der Waals surface area contributed by atoms with Gasteiger partial charge in [-0.25, -0.2) is 8.78 Å². The lowest BCUT2D eigenvalue weighted by atomic mass is 10.1. The lowest BCUT2D eigenvalue weighted by Crippen LogP contribution is -2.51. The summed E-state index contributed by atoms with van der Waals surface area (Å²) >= 11 is 8.27. The molecule has 1 saturated heterocycles. The molecule has 0 aliphatic carbocycles. The Morgan fingerprint density at radius 2 is 1.90 bits per heavy atom. The van der Waals surface area contributed by atoms with Crippen LogP contribution in [0.2, 0.25) is 5.02 Å². The molecule has 170 valence electrons. The van der Waals surface area contributed by atoms with E-state index in [0.717, 1.165) is 16.1 Å². The van der Waals surface area contributed by atoms with Gasteiger partial charge in [-0.2, -0.15) is 12.7 Å². The molecule has 2 aromatic rings. The quantitative estimate of drug-likeness (QED) is 0.397. The average Bonchev–Trinajstić information content (AvgIpc) is 2.69. The van der Waals surface area contributed by atoms with E-state index in [2.05, 4.69) is 37.9 Å². The van der Waals surface area contributed by atoms with Crippen LogP contribution >= 0.6 is 34.2 Å². The van der Waals surface area contributed by atoms with Gasteiger partial charge < -0.3 is 10.6 Å². The molecule has 3 N–H and O–H groups in total. The molecule has 31 heavy (non-hydrogen) atoms. The largest absolute Gasteiger partial charge is 0.350 e. The Bertz CT molecular complexity index is 1060. The predicted molar refractivity (Wildman–Crippen MR) is 129 cm³/mol. The van der Waals surface area contributed by atoms with Crippen LogP contribution in [-0.2, 0) is 10.2 Å². The third-order valence-electron chi connectivity index (χ3n) is 4.82. The van der Waals surface area contributed by atoms with E-state index in [1.54, 1.807) is 18.2 Å². The second-order valence-electron chi connectivity index (χ2n) is 7.66. The van der Waals surface area contributed by atoms with E-state index in [4.69, 9.17) is 11.6 Å². The number of benzene rings is 2. The summed E-state index contributed by atoms with van der Waals surface area (Å²) in [7, 11) is -3.99. The molecule has 1 heterocycles. The maximum absolute atomic E-state index is 14.6. The van der Waals surface area contributed by atoms with Crippen molar-refractivity contribution in [3.05, 3.63) is 50.6 Å². The molecule has 11 heteroatoms. The first-order chi connectivity index (χ1) is 14.6. The highest BCUT2D eigenvalue weighted by Crippen LogP contribution is 2.34. The van der Waals surface area contributed by atoms with Crippen LogP contribution < -0.4 is 15.4 Å². The van der Waals surface area contributed by atoms with Crippen molar-refractivity contribution in [3.63, 3.8) is 0 Å². The third kappa shape index (κ3) is 6.19. The van der Waals surface area contributed by atoms with Crippen LogP contribution in [0, 0.1) is 15.2 Å². The summed E-state index contributed by atoms with van der Waals surface area (Å²) in [5.41, 5.74) is -0.112. The van der Waals surface area contributed by atoms with Gasteiger partial charge in [0.15, 0.2) is 11.6 Å². The number of rotatable bonds is 7. The minimum atomic E-state index is -3.99. The minimum Gasteiger partial charge on any atom is -0.350 e. The number of piperidine rings is 1. The van der Waals surface area contributed by atoms with E-state index in [1.807, 2.05) is 13.8 Å². The fourth-order valence-electron chi connectivity index (χ4n) is 3.46. The van der Waals surface area contributed by atoms with Crippen LogP contribution in [0.4, 0.5) is 25.8 Å². The van der Waals surface area contributed by atoms with Gasteiger partial charge in [-0.15, -0.1) is 0 Å². The second-order valence-corrected chi connectivity index (χ2v) is 11.0. The van der Waals surface area contributed by atoms with Gasteiger partial charge in [0.2, 0.25) is 0 Å². The highest BCUT2D eigenvalue weighted by atomic mass is 127. The summed E-state index contributed by atoms with van der Waals surface area (Å²) in [5.74, 6) is -2.31. The van der Waals surface area contributed by atoms with Crippen molar-refractivity contribution in [2.24, 2.45) is 0 Å². The number of nitrogens with zero attached hydrogens (tertiary/aromatic N) is 1. The normalized spacial score (nSPS) is 17.7. The first-order valence-electron chi connectivity index (χ1n) is 9.81. The zero-order valence-corrected chi connectivity index (χ0v) is 20.8. The zero-order chi connectivity index (χ0) is 22.8. The van der Waals surface area contributed by atoms with E-state index < -0.39 is 21.8 Å². The highest BCUT2D eigenvalue weighted by molar-refractivity contribution is 14.1. The van der Waals surface area contributed by atoms with Gasteiger partial charge in [-0.1, -0.05) is 25.4 Å². The Balaban J connectivity index is 1.88. The van der Waals surface area contributed by atoms with Gasteiger partial charge >= 0.3 is 10.2 Å². The van der Waals surface area contributed by atoms with Gasteiger partial charge in [0, 0.05) is 28.7 Å². The molecule has 2 aromatic carbocycles. The topological polar surface area (TPSA) is 73.5 Å². The van der Waals surface area contributed by atoms with Crippen LogP contribution in [0.5, 0.6) is 0 Å². The Labute approximate surface area is 200 Å². The molecule has 1 aliphatic rings. The smallest absolute Gasteiger partial charge is 0.301 e. The molecule has 0 spiro atoms. The fraction of sp³-hybridized carbons (Fsp3) is 0.400. The van der Waals surface area contributed by atoms with Crippen LogP contribution in [0.25, 0.3) is 0 Å². The highest BCUT2D eigenvalue weighted by Gasteiger charge is 2.30. The van der Waals surface area contributed by atoms with Gasteiger partial charge in [0.25, 0.3) is 0 Å². The van der Waals surface area contributed by atoms with E-state index in [0.29, 0.717) is 30.2 Å². The third-order valence-corrected chi connectivity index (χ3v) is 7.29. The monoisotopic (exact) mass is 584 g/mol. The van der Waals surface area contributed by atoms with Crippen LogP contribution in [-0.4, -0.2) is 37.9 Å². The molecule has 1 aliphatic heterocycles. The van der Waals surface area contributed by atoms with Gasteiger partial charge in [0.05, 0.1) is 16.4 Å². The summed E-state index contributed by atoms with van der Waals surface area (Å²) in [5, 5.41) is 6.37. The summed E-state index contributed by atoms with van der Waals surface area (Å²) in [6.45, 7) is 4.64. The molecular formula is C20H24ClF2IN4O2S. The Morgan fingerprint density at radius 1 is 1.19 bits per heavy atom.